The number of nitrogens with one attached hydrogen (secondary N) is 2. The number of benzene rings is 3. The molecular formula is C25H27ClN2O4S. The Morgan fingerprint density at radius 1 is 1.00 bits per heavy atom. The summed E-state index contributed by atoms with van der Waals surface area (Å²) < 4.78 is 30.6. The summed E-state index contributed by atoms with van der Waals surface area (Å²) in [5.74, 6) is -0.109. The molecule has 3 aromatic rings. The van der Waals surface area contributed by atoms with Crippen molar-refractivity contribution in [3.8, 4) is 0 Å². The second-order valence-corrected chi connectivity index (χ2v) is 10.2. The summed E-state index contributed by atoms with van der Waals surface area (Å²) in [4.78, 5) is 12.6. The summed E-state index contributed by atoms with van der Waals surface area (Å²) >= 11 is 6.34. The number of amides is 2. The number of sulfone groups is 1. The molecule has 8 heteroatoms. The van der Waals surface area contributed by atoms with Gasteiger partial charge in [0.1, 0.15) is 0 Å². The van der Waals surface area contributed by atoms with Gasteiger partial charge in [0.15, 0.2) is 9.84 Å². The SMILES string of the molecule is COCc1ccc(CS(=O)(=O)c2ccc(NC(=O)N[C@@H](C)c3cccc(C)c3Cl)cc2)cc1. The lowest BCUT2D eigenvalue weighted by Gasteiger charge is -2.17. The van der Waals surface area contributed by atoms with Crippen LogP contribution in [0.15, 0.2) is 71.6 Å². The molecule has 3 aromatic carbocycles. The molecule has 0 saturated carbocycles. The van der Waals surface area contributed by atoms with Crippen molar-refractivity contribution in [3.05, 3.63) is 94.0 Å². The highest BCUT2D eigenvalue weighted by Crippen LogP contribution is 2.26. The molecule has 0 fully saturated rings. The number of anilines is 1. The van der Waals surface area contributed by atoms with E-state index < -0.39 is 15.9 Å². The Labute approximate surface area is 199 Å². The second kappa shape index (κ2) is 10.8. The van der Waals surface area contributed by atoms with Crippen LogP contribution in [0, 0.1) is 6.92 Å². The Balaban J connectivity index is 1.61. The van der Waals surface area contributed by atoms with Gasteiger partial charge in [0, 0.05) is 17.8 Å². The molecule has 0 aliphatic heterocycles. The van der Waals surface area contributed by atoms with Crippen LogP contribution in [0.4, 0.5) is 10.5 Å². The van der Waals surface area contributed by atoms with Gasteiger partial charge in [-0.25, -0.2) is 13.2 Å². The average Bonchev–Trinajstić information content (AvgIpc) is 2.77. The molecule has 0 radical (unpaired) electrons. The van der Waals surface area contributed by atoms with Crippen molar-refractivity contribution < 1.29 is 17.9 Å². The van der Waals surface area contributed by atoms with Gasteiger partial charge < -0.3 is 15.4 Å². The fraction of sp³-hybridized carbons (Fsp3) is 0.240. The van der Waals surface area contributed by atoms with Crippen LogP contribution < -0.4 is 10.6 Å². The van der Waals surface area contributed by atoms with Crippen LogP contribution in [0.25, 0.3) is 0 Å². The van der Waals surface area contributed by atoms with E-state index in [2.05, 4.69) is 10.6 Å². The van der Waals surface area contributed by atoms with Gasteiger partial charge >= 0.3 is 6.03 Å². The Morgan fingerprint density at radius 2 is 1.64 bits per heavy atom. The first kappa shape index (κ1) is 24.8. The predicted octanol–water partition coefficient (Wildman–Crippen LogP) is 5.65. The summed E-state index contributed by atoms with van der Waals surface area (Å²) in [6.07, 6.45) is 0. The summed E-state index contributed by atoms with van der Waals surface area (Å²) in [6, 6.07) is 18.3. The number of aryl methyl sites for hydroxylation is 1. The minimum absolute atomic E-state index is 0.109. The van der Waals surface area contributed by atoms with E-state index in [1.165, 1.54) is 12.1 Å². The molecule has 0 unspecified atom stereocenters. The van der Waals surface area contributed by atoms with Gasteiger partial charge in [-0.1, -0.05) is 54.1 Å². The van der Waals surface area contributed by atoms with Gasteiger partial charge in [0.05, 0.1) is 23.3 Å². The zero-order chi connectivity index (χ0) is 24.0. The molecule has 1 atom stereocenters. The normalized spacial score (nSPS) is 12.2. The lowest BCUT2D eigenvalue weighted by atomic mass is 10.1. The van der Waals surface area contributed by atoms with Gasteiger partial charge in [-0.05, 0) is 60.4 Å². The summed E-state index contributed by atoms with van der Waals surface area (Å²) in [5.41, 5.74) is 3.92. The van der Waals surface area contributed by atoms with Crippen LogP contribution >= 0.6 is 11.6 Å². The van der Waals surface area contributed by atoms with Crippen molar-refractivity contribution >= 4 is 33.2 Å². The third-order valence-electron chi connectivity index (χ3n) is 5.20. The van der Waals surface area contributed by atoms with E-state index in [-0.39, 0.29) is 16.7 Å². The molecule has 0 aromatic heterocycles. The van der Waals surface area contributed by atoms with Crippen molar-refractivity contribution in [2.45, 2.75) is 37.1 Å². The number of ether oxygens (including phenoxy) is 1. The molecular weight excluding hydrogens is 460 g/mol. The maximum absolute atomic E-state index is 12.8. The zero-order valence-electron chi connectivity index (χ0n) is 18.8. The Hall–Kier alpha value is -2.87. The molecule has 3 rings (SSSR count). The number of carbonyl (C=O) groups is 1. The van der Waals surface area contributed by atoms with E-state index >= 15 is 0 Å². The molecule has 174 valence electrons. The molecule has 0 aliphatic carbocycles. The number of carbonyl (C=O) groups excluding carboxylic acids is 1. The lowest BCUT2D eigenvalue weighted by molar-refractivity contribution is 0.185. The quantitative estimate of drug-likeness (QED) is 0.430. The standard InChI is InChI=1S/C25H27ClN2O4S/c1-17-5-4-6-23(24(17)26)18(2)27-25(29)28-21-11-13-22(14-12-21)33(30,31)16-20-9-7-19(8-10-20)15-32-3/h4-14,18H,15-16H2,1-3H3,(H2,27,28,29)/t18-/m0/s1. The van der Waals surface area contributed by atoms with E-state index in [1.54, 1.807) is 31.4 Å². The van der Waals surface area contributed by atoms with E-state index in [1.807, 2.05) is 44.2 Å². The second-order valence-electron chi connectivity index (χ2n) is 7.83. The Kier molecular flexibility index (Phi) is 8.13. The number of hydrogen-bond donors (Lipinski definition) is 2. The third kappa shape index (κ3) is 6.57. The monoisotopic (exact) mass is 486 g/mol. The van der Waals surface area contributed by atoms with E-state index in [4.69, 9.17) is 16.3 Å². The van der Waals surface area contributed by atoms with Crippen molar-refractivity contribution in [3.63, 3.8) is 0 Å². The maximum atomic E-state index is 12.8. The largest absolute Gasteiger partial charge is 0.380 e. The van der Waals surface area contributed by atoms with Crippen LogP contribution in [0.5, 0.6) is 0 Å². The molecule has 2 N–H and O–H groups in total. The van der Waals surface area contributed by atoms with Crippen LogP contribution in [-0.2, 0) is 26.9 Å². The number of halogens is 1. The highest BCUT2D eigenvalue weighted by atomic mass is 35.5. The molecule has 6 nitrogen and oxygen atoms in total. The van der Waals surface area contributed by atoms with Crippen LogP contribution in [0.1, 0.15) is 35.2 Å². The van der Waals surface area contributed by atoms with Crippen LogP contribution in [0.3, 0.4) is 0 Å². The summed E-state index contributed by atoms with van der Waals surface area (Å²) in [6.45, 7) is 4.23. The van der Waals surface area contributed by atoms with E-state index in [0.29, 0.717) is 22.9 Å². The first-order valence-corrected chi connectivity index (χ1v) is 12.4. The van der Waals surface area contributed by atoms with Gasteiger partial charge in [0.25, 0.3) is 0 Å². The van der Waals surface area contributed by atoms with Crippen molar-refractivity contribution in [1.82, 2.24) is 5.32 Å². The molecule has 0 heterocycles. The number of rotatable bonds is 8. The third-order valence-corrected chi connectivity index (χ3v) is 7.42. The minimum atomic E-state index is -3.52. The maximum Gasteiger partial charge on any atom is 0.319 e. The van der Waals surface area contributed by atoms with Gasteiger partial charge in [-0.3, -0.25) is 0 Å². The number of hydrogen-bond acceptors (Lipinski definition) is 4. The summed E-state index contributed by atoms with van der Waals surface area (Å²) in [5, 5.41) is 6.18. The van der Waals surface area contributed by atoms with E-state index in [9.17, 15) is 13.2 Å². The van der Waals surface area contributed by atoms with Crippen molar-refractivity contribution in [2.75, 3.05) is 12.4 Å². The van der Waals surface area contributed by atoms with Crippen molar-refractivity contribution in [1.29, 1.82) is 0 Å². The molecule has 2 amide bonds. The highest BCUT2D eigenvalue weighted by Gasteiger charge is 2.17. The molecule has 0 saturated heterocycles. The fourth-order valence-electron chi connectivity index (χ4n) is 3.39. The van der Waals surface area contributed by atoms with Crippen LogP contribution in [-0.4, -0.2) is 21.6 Å². The first-order chi connectivity index (χ1) is 15.7. The smallest absolute Gasteiger partial charge is 0.319 e. The number of urea groups is 1. The van der Waals surface area contributed by atoms with Gasteiger partial charge in [-0.2, -0.15) is 0 Å². The van der Waals surface area contributed by atoms with Gasteiger partial charge in [-0.15, -0.1) is 0 Å². The highest BCUT2D eigenvalue weighted by molar-refractivity contribution is 7.90. The number of methoxy groups -OCH3 is 1. The van der Waals surface area contributed by atoms with Gasteiger partial charge in [0.2, 0.25) is 0 Å². The van der Waals surface area contributed by atoms with Crippen molar-refractivity contribution in [2.24, 2.45) is 0 Å². The summed E-state index contributed by atoms with van der Waals surface area (Å²) in [7, 11) is -1.91. The molecule has 0 bridgehead atoms. The molecule has 0 aliphatic rings. The lowest BCUT2D eigenvalue weighted by Crippen LogP contribution is -2.31. The average molecular weight is 487 g/mol. The minimum Gasteiger partial charge on any atom is -0.380 e. The van der Waals surface area contributed by atoms with E-state index in [0.717, 1.165) is 16.7 Å². The predicted molar refractivity (Wildman–Crippen MR) is 131 cm³/mol. The zero-order valence-corrected chi connectivity index (χ0v) is 20.3. The molecule has 0 spiro atoms. The topological polar surface area (TPSA) is 84.5 Å². The first-order valence-electron chi connectivity index (χ1n) is 10.4. The Bertz CT molecular complexity index is 1210. The Morgan fingerprint density at radius 3 is 2.27 bits per heavy atom. The van der Waals surface area contributed by atoms with Crippen LogP contribution in [0.2, 0.25) is 5.02 Å². The molecule has 33 heavy (non-hydrogen) atoms. The fourth-order valence-corrected chi connectivity index (χ4v) is 5.03.